The number of rotatable bonds is 9. The van der Waals surface area contributed by atoms with Crippen LogP contribution in [-0.2, 0) is 11.3 Å². The number of anilines is 1. The van der Waals surface area contributed by atoms with Gasteiger partial charge in [-0.1, -0.05) is 25.1 Å². The minimum Gasteiger partial charge on any atom is -0.493 e. The molecular weight excluding hydrogens is 466 g/mol. The van der Waals surface area contributed by atoms with Crippen LogP contribution in [0.4, 0.5) is 10.5 Å². The highest BCUT2D eigenvalue weighted by molar-refractivity contribution is 7.12. The van der Waals surface area contributed by atoms with Crippen molar-refractivity contribution in [3.63, 3.8) is 0 Å². The molecular formula is C26H27N3O5S. The van der Waals surface area contributed by atoms with Crippen LogP contribution in [0.2, 0.25) is 0 Å². The second-order valence-corrected chi connectivity index (χ2v) is 8.70. The zero-order valence-corrected chi connectivity index (χ0v) is 20.6. The fourth-order valence-electron chi connectivity index (χ4n) is 3.66. The average Bonchev–Trinajstić information content (AvgIpc) is 3.42. The third-order valence-corrected chi connectivity index (χ3v) is 6.28. The number of ether oxygens (including phenoxy) is 3. The third kappa shape index (κ3) is 5.63. The maximum absolute atomic E-state index is 12.6. The molecule has 0 saturated heterocycles. The molecule has 9 heteroatoms. The van der Waals surface area contributed by atoms with E-state index in [-0.39, 0.29) is 12.5 Å². The van der Waals surface area contributed by atoms with E-state index in [1.165, 1.54) is 16.3 Å². The topological polar surface area (TPSA) is 89.5 Å². The molecule has 2 aromatic carbocycles. The van der Waals surface area contributed by atoms with Gasteiger partial charge >= 0.3 is 6.09 Å². The third-order valence-electron chi connectivity index (χ3n) is 5.41. The van der Waals surface area contributed by atoms with Crippen molar-refractivity contribution in [1.82, 2.24) is 5.01 Å². The van der Waals surface area contributed by atoms with E-state index in [1.807, 2.05) is 55.6 Å². The first-order valence-corrected chi connectivity index (χ1v) is 12.2. The summed E-state index contributed by atoms with van der Waals surface area (Å²) in [5.41, 5.74) is 2.96. The van der Waals surface area contributed by atoms with Gasteiger partial charge in [-0.3, -0.25) is 4.79 Å². The number of carbonyl (C=O) groups excluding carboxylic acids is 2. The molecule has 1 aliphatic heterocycles. The molecule has 2 heterocycles. The van der Waals surface area contributed by atoms with Gasteiger partial charge in [0.2, 0.25) is 0 Å². The van der Waals surface area contributed by atoms with Gasteiger partial charge in [-0.25, -0.2) is 4.79 Å². The molecule has 1 aliphatic rings. The van der Waals surface area contributed by atoms with Gasteiger partial charge in [0.15, 0.2) is 11.5 Å². The molecule has 8 nitrogen and oxygen atoms in total. The highest BCUT2D eigenvalue weighted by Gasteiger charge is 2.31. The van der Waals surface area contributed by atoms with E-state index in [1.54, 1.807) is 25.3 Å². The van der Waals surface area contributed by atoms with Gasteiger partial charge in [0.25, 0.3) is 5.91 Å². The molecule has 2 amide bonds. The second-order valence-electron chi connectivity index (χ2n) is 7.75. The molecule has 1 unspecified atom stereocenters. The largest absolute Gasteiger partial charge is 0.493 e. The van der Waals surface area contributed by atoms with E-state index >= 15 is 0 Å². The predicted molar refractivity (Wildman–Crippen MR) is 136 cm³/mol. The van der Waals surface area contributed by atoms with E-state index in [4.69, 9.17) is 14.2 Å². The van der Waals surface area contributed by atoms with Crippen LogP contribution < -0.4 is 14.8 Å². The molecule has 0 radical (unpaired) electrons. The van der Waals surface area contributed by atoms with E-state index in [2.05, 4.69) is 10.4 Å². The molecule has 182 valence electrons. The minimum atomic E-state index is -0.506. The summed E-state index contributed by atoms with van der Waals surface area (Å²) in [6, 6.07) is 16.5. The van der Waals surface area contributed by atoms with Crippen LogP contribution in [0.3, 0.4) is 0 Å². The van der Waals surface area contributed by atoms with Crippen LogP contribution in [0.15, 0.2) is 65.1 Å². The van der Waals surface area contributed by atoms with Gasteiger partial charge in [-0.15, -0.1) is 11.3 Å². The van der Waals surface area contributed by atoms with Gasteiger partial charge in [0.1, 0.15) is 11.8 Å². The molecule has 4 rings (SSSR count). The highest BCUT2D eigenvalue weighted by atomic mass is 32.1. The molecule has 3 aromatic rings. The number of methoxy groups -OCH3 is 1. The zero-order valence-electron chi connectivity index (χ0n) is 19.8. The average molecular weight is 494 g/mol. The van der Waals surface area contributed by atoms with Crippen LogP contribution in [0.1, 0.15) is 41.1 Å². The van der Waals surface area contributed by atoms with Crippen LogP contribution in [0, 0.1) is 0 Å². The smallest absolute Gasteiger partial charge is 0.431 e. The summed E-state index contributed by atoms with van der Waals surface area (Å²) in [7, 11) is 1.58. The van der Waals surface area contributed by atoms with Crippen molar-refractivity contribution in [2.45, 2.75) is 32.9 Å². The second kappa shape index (κ2) is 11.1. The maximum Gasteiger partial charge on any atom is 0.431 e. The lowest BCUT2D eigenvalue weighted by Crippen LogP contribution is -2.41. The Bertz CT molecular complexity index is 1210. The number of thiophene rings is 1. The standard InChI is InChI=1S/C26H27N3O5S/c1-4-20-24(18-10-13-21(33-5-2)22(15-18)32-3)28-29(26(31)34-20)16-17-8-11-19(12-9-17)27-25(30)23-7-6-14-35-23/h6-15,20H,4-5,16H2,1-3H3,(H,27,30). The minimum absolute atomic E-state index is 0.155. The van der Waals surface area contributed by atoms with Gasteiger partial charge < -0.3 is 19.5 Å². The van der Waals surface area contributed by atoms with Gasteiger partial charge in [-0.05, 0) is 60.7 Å². The molecule has 1 atom stereocenters. The molecule has 1 aromatic heterocycles. The van der Waals surface area contributed by atoms with E-state index in [0.717, 1.165) is 11.1 Å². The number of nitrogens with one attached hydrogen (secondary N) is 1. The Balaban J connectivity index is 1.52. The van der Waals surface area contributed by atoms with Crippen LogP contribution >= 0.6 is 11.3 Å². The number of hydrazone groups is 1. The summed E-state index contributed by atoms with van der Waals surface area (Å²) in [5.74, 6) is 1.08. The molecule has 0 bridgehead atoms. The number of carbonyl (C=O) groups is 2. The Morgan fingerprint density at radius 3 is 2.60 bits per heavy atom. The monoisotopic (exact) mass is 493 g/mol. The summed E-state index contributed by atoms with van der Waals surface area (Å²) < 4.78 is 16.8. The van der Waals surface area contributed by atoms with Crippen LogP contribution in [-0.4, -0.2) is 42.5 Å². The summed E-state index contributed by atoms with van der Waals surface area (Å²) >= 11 is 1.38. The lowest BCUT2D eigenvalue weighted by Gasteiger charge is -2.29. The molecule has 0 spiro atoms. The number of cyclic esters (lactones) is 1. The Hall–Kier alpha value is -3.85. The van der Waals surface area contributed by atoms with Gasteiger partial charge in [0, 0.05) is 11.3 Å². The zero-order chi connectivity index (χ0) is 24.8. The fourth-order valence-corrected chi connectivity index (χ4v) is 4.28. The Labute approximate surface area is 208 Å². The normalized spacial score (nSPS) is 15.3. The Morgan fingerprint density at radius 1 is 1.14 bits per heavy atom. The predicted octanol–water partition coefficient (Wildman–Crippen LogP) is 5.54. The SMILES string of the molecule is CCOc1ccc(C2=NN(Cc3ccc(NC(=O)c4cccs4)cc3)C(=O)OC2CC)cc1OC. The van der Waals surface area contributed by atoms with E-state index in [9.17, 15) is 9.59 Å². The van der Waals surface area contributed by atoms with Crippen LogP contribution in [0.25, 0.3) is 0 Å². The summed E-state index contributed by atoms with van der Waals surface area (Å²) in [6.45, 7) is 4.60. The Kier molecular flexibility index (Phi) is 7.67. The van der Waals surface area contributed by atoms with Crippen molar-refractivity contribution < 1.29 is 23.8 Å². The van der Waals surface area contributed by atoms with Crippen molar-refractivity contribution in [1.29, 1.82) is 0 Å². The number of nitrogens with zero attached hydrogens (tertiary/aromatic N) is 2. The number of benzene rings is 2. The number of hydrogen-bond acceptors (Lipinski definition) is 7. The van der Waals surface area contributed by atoms with Crippen molar-refractivity contribution >= 4 is 34.7 Å². The van der Waals surface area contributed by atoms with Crippen molar-refractivity contribution in [2.24, 2.45) is 5.10 Å². The molecule has 0 saturated carbocycles. The first-order valence-electron chi connectivity index (χ1n) is 11.3. The number of amides is 2. The first kappa shape index (κ1) is 24.3. The van der Waals surface area contributed by atoms with Crippen molar-refractivity contribution in [3.8, 4) is 11.5 Å². The Morgan fingerprint density at radius 2 is 1.94 bits per heavy atom. The summed E-state index contributed by atoms with van der Waals surface area (Å²) in [4.78, 5) is 25.5. The molecule has 0 fully saturated rings. The highest BCUT2D eigenvalue weighted by Crippen LogP contribution is 2.30. The van der Waals surface area contributed by atoms with Crippen molar-refractivity contribution in [2.75, 3.05) is 19.0 Å². The molecule has 1 N–H and O–H groups in total. The van der Waals surface area contributed by atoms with Gasteiger partial charge in [0.05, 0.1) is 25.1 Å². The fraction of sp³-hybridized carbons (Fsp3) is 0.269. The first-order chi connectivity index (χ1) is 17.0. The quantitative estimate of drug-likeness (QED) is 0.423. The van der Waals surface area contributed by atoms with E-state index < -0.39 is 12.2 Å². The molecule has 0 aliphatic carbocycles. The maximum atomic E-state index is 12.6. The molecule has 35 heavy (non-hydrogen) atoms. The summed E-state index contributed by atoms with van der Waals surface area (Å²) in [6.07, 6.45) is -0.378. The lowest BCUT2D eigenvalue weighted by atomic mass is 10.0. The number of hydrogen-bond donors (Lipinski definition) is 1. The van der Waals surface area contributed by atoms with Crippen molar-refractivity contribution in [3.05, 3.63) is 76.0 Å². The van der Waals surface area contributed by atoms with Gasteiger partial charge in [-0.2, -0.15) is 10.1 Å². The summed E-state index contributed by atoms with van der Waals surface area (Å²) in [5, 5.41) is 10.7. The lowest BCUT2D eigenvalue weighted by molar-refractivity contribution is 0.0712. The van der Waals surface area contributed by atoms with E-state index in [0.29, 0.717) is 40.8 Å². The van der Waals surface area contributed by atoms with Crippen LogP contribution in [0.5, 0.6) is 11.5 Å².